The molecule has 0 bridgehead atoms. The van der Waals surface area contributed by atoms with E-state index in [1.54, 1.807) is 34.1 Å². The molecular formula is C24H22N2O2S. The molecule has 4 aromatic rings. The Morgan fingerprint density at radius 2 is 1.69 bits per heavy atom. The fraction of sp³-hybridized carbons (Fsp3) is 0.167. The van der Waals surface area contributed by atoms with E-state index in [0.717, 1.165) is 15.3 Å². The van der Waals surface area contributed by atoms with Gasteiger partial charge in [0.15, 0.2) is 0 Å². The number of hydrogen-bond acceptors (Lipinski definition) is 4. The lowest BCUT2D eigenvalue weighted by Crippen LogP contribution is -2.26. The van der Waals surface area contributed by atoms with E-state index < -0.39 is 0 Å². The average molecular weight is 403 g/mol. The van der Waals surface area contributed by atoms with Crippen molar-refractivity contribution in [3.05, 3.63) is 93.2 Å². The number of phenolic OH excluding ortho intramolecular Hbond substituents is 1. The van der Waals surface area contributed by atoms with Crippen LogP contribution < -0.4 is 5.56 Å². The van der Waals surface area contributed by atoms with Crippen LogP contribution in [0.1, 0.15) is 16.1 Å². The Hall–Kier alpha value is -3.18. The van der Waals surface area contributed by atoms with Gasteiger partial charge in [-0.05, 0) is 50.1 Å². The summed E-state index contributed by atoms with van der Waals surface area (Å²) in [5, 5.41) is 10.4. The van der Waals surface area contributed by atoms with Crippen molar-refractivity contribution in [2.24, 2.45) is 0 Å². The highest BCUT2D eigenvalue weighted by atomic mass is 32.1. The first-order valence-corrected chi connectivity index (χ1v) is 10.4. The monoisotopic (exact) mass is 402 g/mol. The maximum Gasteiger partial charge on any atom is 0.262 e. The number of hydrogen-bond donors (Lipinski definition) is 1. The van der Waals surface area contributed by atoms with Gasteiger partial charge in [0.25, 0.3) is 5.56 Å². The molecule has 0 saturated heterocycles. The summed E-state index contributed by atoms with van der Waals surface area (Å²) in [7, 11) is 0. The van der Waals surface area contributed by atoms with Crippen LogP contribution in [0.4, 0.5) is 0 Å². The van der Waals surface area contributed by atoms with E-state index in [9.17, 15) is 9.90 Å². The third-order valence-electron chi connectivity index (χ3n) is 4.95. The molecule has 4 rings (SSSR count). The third kappa shape index (κ3) is 3.87. The van der Waals surface area contributed by atoms with Crippen LogP contribution in [0.25, 0.3) is 21.8 Å². The molecule has 0 fully saturated rings. The quantitative estimate of drug-likeness (QED) is 0.499. The van der Waals surface area contributed by atoms with Crippen LogP contribution in [-0.2, 0) is 13.0 Å². The minimum absolute atomic E-state index is 0.0754. The summed E-state index contributed by atoms with van der Waals surface area (Å²) in [6, 6.07) is 21.1. The van der Waals surface area contributed by atoms with E-state index in [1.807, 2.05) is 50.2 Å². The molecule has 2 aromatic heterocycles. The highest BCUT2D eigenvalue weighted by molar-refractivity contribution is 7.15. The summed E-state index contributed by atoms with van der Waals surface area (Å²) < 4.78 is 1.69. The van der Waals surface area contributed by atoms with Gasteiger partial charge in [-0.2, -0.15) is 0 Å². The van der Waals surface area contributed by atoms with Gasteiger partial charge in [0.05, 0.1) is 16.8 Å². The first kappa shape index (κ1) is 19.2. The number of nitrogens with zero attached hydrogens (tertiary/aromatic N) is 2. The second-order valence-electron chi connectivity index (χ2n) is 7.02. The predicted octanol–water partition coefficient (Wildman–Crippen LogP) is 5.20. The van der Waals surface area contributed by atoms with Gasteiger partial charge in [-0.1, -0.05) is 42.5 Å². The van der Waals surface area contributed by atoms with Gasteiger partial charge in [0, 0.05) is 16.3 Å². The van der Waals surface area contributed by atoms with Gasteiger partial charge >= 0.3 is 0 Å². The molecular weight excluding hydrogens is 380 g/mol. The van der Waals surface area contributed by atoms with Gasteiger partial charge in [0.1, 0.15) is 11.6 Å². The van der Waals surface area contributed by atoms with Crippen molar-refractivity contribution in [3.8, 4) is 27.6 Å². The smallest absolute Gasteiger partial charge is 0.262 e. The van der Waals surface area contributed by atoms with Crippen molar-refractivity contribution < 1.29 is 5.11 Å². The van der Waals surface area contributed by atoms with Crippen molar-refractivity contribution >= 4 is 11.3 Å². The number of aryl methyl sites for hydroxylation is 3. The van der Waals surface area contributed by atoms with Crippen molar-refractivity contribution in [3.63, 3.8) is 0 Å². The number of phenols is 1. The Balaban J connectivity index is 1.88. The summed E-state index contributed by atoms with van der Waals surface area (Å²) in [6.07, 6.45) is 0.703. The van der Waals surface area contributed by atoms with E-state index in [-0.39, 0.29) is 11.3 Å². The molecule has 0 spiro atoms. The van der Waals surface area contributed by atoms with E-state index in [2.05, 4.69) is 12.1 Å². The standard InChI is InChI=1S/C24H22N2O2S/c1-16-12-13-21(29-16)22-17(2)25-23(19-10-6-7-11-20(19)27)26(24(22)28)15-14-18-8-4-3-5-9-18/h3-13,27H,14-15H2,1-2H3. The summed E-state index contributed by atoms with van der Waals surface area (Å²) in [6.45, 7) is 4.37. The third-order valence-corrected chi connectivity index (χ3v) is 5.97. The van der Waals surface area contributed by atoms with E-state index in [0.29, 0.717) is 35.6 Å². The molecule has 0 saturated carbocycles. The zero-order chi connectivity index (χ0) is 20.4. The van der Waals surface area contributed by atoms with Crippen LogP contribution in [0.3, 0.4) is 0 Å². The molecule has 0 unspecified atom stereocenters. The second kappa shape index (κ2) is 8.05. The largest absolute Gasteiger partial charge is 0.507 e. The number of rotatable bonds is 5. The Morgan fingerprint density at radius 1 is 0.966 bits per heavy atom. The second-order valence-corrected chi connectivity index (χ2v) is 8.30. The fourth-order valence-corrected chi connectivity index (χ4v) is 4.43. The summed E-state index contributed by atoms with van der Waals surface area (Å²) in [4.78, 5) is 20.4. The number of aromatic nitrogens is 2. The number of aromatic hydroxyl groups is 1. The fourth-order valence-electron chi connectivity index (χ4n) is 3.47. The Labute approximate surface area is 173 Å². The average Bonchev–Trinajstić information content (AvgIpc) is 3.14. The molecule has 0 aliphatic carbocycles. The number of benzene rings is 2. The molecule has 0 aliphatic rings. The number of para-hydroxylation sites is 1. The summed E-state index contributed by atoms with van der Waals surface area (Å²) in [5.74, 6) is 0.616. The van der Waals surface area contributed by atoms with Crippen LogP contribution in [0.5, 0.6) is 5.75 Å². The topological polar surface area (TPSA) is 55.1 Å². The van der Waals surface area contributed by atoms with Gasteiger partial charge in [-0.3, -0.25) is 9.36 Å². The van der Waals surface area contributed by atoms with Crippen LogP contribution >= 0.6 is 11.3 Å². The molecule has 2 aromatic carbocycles. The number of thiophene rings is 1. The van der Waals surface area contributed by atoms with Gasteiger partial charge in [-0.15, -0.1) is 11.3 Å². The maximum atomic E-state index is 13.6. The van der Waals surface area contributed by atoms with Crippen molar-refractivity contribution in [1.29, 1.82) is 0 Å². The summed E-state index contributed by atoms with van der Waals surface area (Å²) >= 11 is 1.59. The molecule has 4 nitrogen and oxygen atoms in total. The van der Waals surface area contributed by atoms with E-state index >= 15 is 0 Å². The Kier molecular flexibility index (Phi) is 5.32. The predicted molar refractivity (Wildman–Crippen MR) is 119 cm³/mol. The molecule has 0 aliphatic heterocycles. The first-order chi connectivity index (χ1) is 14.0. The van der Waals surface area contributed by atoms with Crippen LogP contribution in [0, 0.1) is 13.8 Å². The summed E-state index contributed by atoms with van der Waals surface area (Å²) in [5.41, 5.74) is 2.95. The van der Waals surface area contributed by atoms with Gasteiger partial charge < -0.3 is 5.11 Å². The minimum Gasteiger partial charge on any atom is -0.507 e. The molecule has 1 N–H and O–H groups in total. The zero-order valence-corrected chi connectivity index (χ0v) is 17.2. The minimum atomic E-state index is -0.0754. The molecule has 0 amide bonds. The maximum absolute atomic E-state index is 13.6. The van der Waals surface area contributed by atoms with Crippen LogP contribution in [0.15, 0.2) is 71.5 Å². The molecule has 29 heavy (non-hydrogen) atoms. The lowest BCUT2D eigenvalue weighted by Gasteiger charge is -2.16. The lowest BCUT2D eigenvalue weighted by molar-refractivity contribution is 0.476. The van der Waals surface area contributed by atoms with Gasteiger partial charge in [0.2, 0.25) is 0 Å². The highest BCUT2D eigenvalue weighted by Crippen LogP contribution is 2.31. The van der Waals surface area contributed by atoms with E-state index in [4.69, 9.17) is 4.98 Å². The SMILES string of the molecule is Cc1ccc(-c2c(C)nc(-c3ccccc3O)n(CCc3ccccc3)c2=O)s1. The normalized spacial score (nSPS) is 11.0. The zero-order valence-electron chi connectivity index (χ0n) is 16.4. The van der Waals surface area contributed by atoms with Crippen LogP contribution in [0.2, 0.25) is 0 Å². The highest BCUT2D eigenvalue weighted by Gasteiger charge is 2.19. The van der Waals surface area contributed by atoms with Crippen molar-refractivity contribution in [2.75, 3.05) is 0 Å². The van der Waals surface area contributed by atoms with Crippen molar-refractivity contribution in [2.45, 2.75) is 26.8 Å². The molecule has 2 heterocycles. The first-order valence-electron chi connectivity index (χ1n) is 9.55. The van der Waals surface area contributed by atoms with Gasteiger partial charge in [-0.25, -0.2) is 4.98 Å². The Bertz CT molecular complexity index is 1210. The molecule has 0 atom stereocenters. The lowest BCUT2D eigenvalue weighted by atomic mass is 10.1. The van der Waals surface area contributed by atoms with Crippen molar-refractivity contribution in [1.82, 2.24) is 9.55 Å². The molecule has 0 radical (unpaired) electrons. The van der Waals surface area contributed by atoms with Crippen LogP contribution in [-0.4, -0.2) is 14.7 Å². The molecule has 146 valence electrons. The molecule has 5 heteroatoms. The van der Waals surface area contributed by atoms with E-state index in [1.165, 1.54) is 0 Å². The Morgan fingerprint density at radius 3 is 2.38 bits per heavy atom.